The summed E-state index contributed by atoms with van der Waals surface area (Å²) >= 11 is 0. The minimum absolute atomic E-state index is 0.0532. The zero-order valence-electron chi connectivity index (χ0n) is 12.4. The zero-order chi connectivity index (χ0) is 16.1. The number of carbonyl (C=O) groups is 2. The number of carbonyl (C=O) groups excluding carboxylic acids is 2. The van der Waals surface area contributed by atoms with Crippen molar-refractivity contribution in [1.82, 2.24) is 0 Å². The number of anilines is 1. The first-order valence-electron chi connectivity index (χ1n) is 6.77. The van der Waals surface area contributed by atoms with Crippen molar-refractivity contribution in [3.8, 4) is 5.75 Å². The Bertz CT molecular complexity index is 710. The summed E-state index contributed by atoms with van der Waals surface area (Å²) in [4.78, 5) is 22.9. The molecule has 114 valence electrons. The maximum atomic E-state index is 11.9. The normalized spacial score (nSPS) is 10.1. The number of carboxylic acid groups (broad SMARTS) is 1. The first kappa shape index (κ1) is 15.6. The third kappa shape index (κ3) is 3.85. The molecule has 0 aliphatic rings. The molecule has 0 aliphatic heterocycles. The molecule has 2 rings (SSSR count). The molecular weight excluding hydrogens is 282 g/mol. The van der Waals surface area contributed by atoms with Gasteiger partial charge < -0.3 is 20.0 Å². The van der Waals surface area contributed by atoms with Crippen LogP contribution in [0, 0.1) is 13.8 Å². The molecule has 5 heteroatoms. The molecule has 2 aromatic rings. The van der Waals surface area contributed by atoms with E-state index in [1.165, 1.54) is 6.07 Å². The first-order chi connectivity index (χ1) is 10.5. The highest BCUT2D eigenvalue weighted by atomic mass is 16.5. The lowest BCUT2D eigenvalue weighted by Crippen LogP contribution is -2.25. The monoisotopic (exact) mass is 298 g/mol. The van der Waals surface area contributed by atoms with E-state index in [0.29, 0.717) is 17.0 Å². The lowest BCUT2D eigenvalue weighted by molar-refractivity contribution is -0.255. The Morgan fingerprint density at radius 3 is 2.55 bits per heavy atom. The van der Waals surface area contributed by atoms with Gasteiger partial charge in [-0.1, -0.05) is 24.3 Å². The van der Waals surface area contributed by atoms with E-state index in [-0.39, 0.29) is 18.1 Å². The predicted octanol–water partition coefficient (Wildman–Crippen LogP) is 1.68. The van der Waals surface area contributed by atoms with Gasteiger partial charge >= 0.3 is 0 Å². The molecule has 1 N–H and O–H groups in total. The molecule has 0 bridgehead atoms. The quantitative estimate of drug-likeness (QED) is 0.911. The molecule has 0 atom stereocenters. The van der Waals surface area contributed by atoms with Gasteiger partial charge in [-0.3, -0.25) is 4.79 Å². The van der Waals surface area contributed by atoms with Crippen LogP contribution in [0.2, 0.25) is 0 Å². The average Bonchev–Trinajstić information content (AvgIpc) is 2.47. The molecule has 22 heavy (non-hydrogen) atoms. The summed E-state index contributed by atoms with van der Waals surface area (Å²) in [6.45, 7) is 3.39. The van der Waals surface area contributed by atoms with E-state index < -0.39 is 5.97 Å². The van der Waals surface area contributed by atoms with E-state index in [4.69, 9.17) is 4.74 Å². The highest BCUT2D eigenvalue weighted by Crippen LogP contribution is 2.18. The summed E-state index contributed by atoms with van der Waals surface area (Å²) in [5, 5.41) is 13.6. The van der Waals surface area contributed by atoms with Gasteiger partial charge in [0.05, 0.1) is 5.97 Å². The Morgan fingerprint density at radius 2 is 1.86 bits per heavy atom. The summed E-state index contributed by atoms with van der Waals surface area (Å²) in [7, 11) is 0. The fourth-order valence-electron chi connectivity index (χ4n) is 2.03. The number of carboxylic acids is 1. The third-order valence-corrected chi connectivity index (χ3v) is 3.19. The summed E-state index contributed by atoms with van der Waals surface area (Å²) < 4.78 is 5.40. The van der Waals surface area contributed by atoms with E-state index >= 15 is 0 Å². The topological polar surface area (TPSA) is 78.5 Å². The van der Waals surface area contributed by atoms with Crippen LogP contribution in [0.4, 0.5) is 5.69 Å². The molecule has 0 saturated carbocycles. The van der Waals surface area contributed by atoms with Crippen molar-refractivity contribution in [3.05, 3.63) is 59.2 Å². The standard InChI is InChI=1S/C17H17NO4/c1-11-5-3-6-13(9-11)22-10-16(19)18-15-8-4-7-14(12(15)2)17(20)21/h3-9H,10H2,1-2H3,(H,18,19)(H,20,21)/p-1. The number of ether oxygens (including phenoxy) is 1. The van der Waals surface area contributed by atoms with Gasteiger partial charge in [-0.25, -0.2) is 0 Å². The molecule has 0 saturated heterocycles. The first-order valence-corrected chi connectivity index (χ1v) is 6.77. The maximum absolute atomic E-state index is 11.9. The molecule has 0 aliphatic carbocycles. The van der Waals surface area contributed by atoms with E-state index in [2.05, 4.69) is 5.32 Å². The predicted molar refractivity (Wildman–Crippen MR) is 80.8 cm³/mol. The Hall–Kier alpha value is -2.82. The molecule has 0 heterocycles. The van der Waals surface area contributed by atoms with Crippen LogP contribution in [0.1, 0.15) is 21.5 Å². The van der Waals surface area contributed by atoms with Crippen LogP contribution in [0.25, 0.3) is 0 Å². The zero-order valence-corrected chi connectivity index (χ0v) is 12.4. The fourth-order valence-corrected chi connectivity index (χ4v) is 2.03. The average molecular weight is 298 g/mol. The maximum Gasteiger partial charge on any atom is 0.262 e. The summed E-state index contributed by atoms with van der Waals surface area (Å²) in [5.41, 5.74) is 1.97. The number of rotatable bonds is 5. The Kier molecular flexibility index (Phi) is 4.78. The number of amides is 1. The number of benzene rings is 2. The molecule has 0 spiro atoms. The number of aromatic carboxylic acids is 1. The third-order valence-electron chi connectivity index (χ3n) is 3.19. The number of nitrogens with one attached hydrogen (secondary N) is 1. The van der Waals surface area contributed by atoms with Crippen molar-refractivity contribution in [2.45, 2.75) is 13.8 Å². The van der Waals surface area contributed by atoms with Crippen molar-refractivity contribution in [1.29, 1.82) is 0 Å². The molecule has 1 amide bonds. The highest BCUT2D eigenvalue weighted by molar-refractivity contribution is 5.96. The number of aryl methyl sites for hydroxylation is 1. The second-order valence-corrected chi connectivity index (χ2v) is 4.92. The van der Waals surface area contributed by atoms with Crippen molar-refractivity contribution in [2.24, 2.45) is 0 Å². The second-order valence-electron chi connectivity index (χ2n) is 4.92. The SMILES string of the molecule is Cc1cccc(OCC(=O)Nc2cccc(C(=O)[O-])c2C)c1. The van der Waals surface area contributed by atoms with Crippen molar-refractivity contribution in [2.75, 3.05) is 11.9 Å². The van der Waals surface area contributed by atoms with E-state index in [0.717, 1.165) is 5.56 Å². The van der Waals surface area contributed by atoms with Crippen LogP contribution in [0.5, 0.6) is 5.75 Å². The van der Waals surface area contributed by atoms with E-state index in [9.17, 15) is 14.7 Å². The Labute approximate surface area is 128 Å². The number of hydrogen-bond donors (Lipinski definition) is 1. The Morgan fingerprint density at radius 1 is 1.14 bits per heavy atom. The van der Waals surface area contributed by atoms with Crippen LogP contribution in [-0.2, 0) is 4.79 Å². The molecule has 0 radical (unpaired) electrons. The lowest BCUT2D eigenvalue weighted by Gasteiger charge is -2.13. The lowest BCUT2D eigenvalue weighted by atomic mass is 10.1. The van der Waals surface area contributed by atoms with Crippen molar-refractivity contribution in [3.63, 3.8) is 0 Å². The van der Waals surface area contributed by atoms with Gasteiger partial charge in [0.1, 0.15) is 5.75 Å². The van der Waals surface area contributed by atoms with Gasteiger partial charge in [0, 0.05) is 11.3 Å². The highest BCUT2D eigenvalue weighted by Gasteiger charge is 2.09. The largest absolute Gasteiger partial charge is 0.545 e. The molecule has 0 fully saturated rings. The summed E-state index contributed by atoms with van der Waals surface area (Å²) in [5.74, 6) is -1.03. The van der Waals surface area contributed by atoms with E-state index in [1.54, 1.807) is 25.1 Å². The van der Waals surface area contributed by atoms with Gasteiger partial charge in [0.25, 0.3) is 5.91 Å². The molecular formula is C17H16NO4-. The fraction of sp³-hybridized carbons (Fsp3) is 0.176. The molecule has 0 aromatic heterocycles. The van der Waals surface area contributed by atoms with Crippen molar-refractivity contribution < 1.29 is 19.4 Å². The van der Waals surface area contributed by atoms with Crippen LogP contribution in [0.3, 0.4) is 0 Å². The van der Waals surface area contributed by atoms with Crippen LogP contribution in [-0.4, -0.2) is 18.5 Å². The van der Waals surface area contributed by atoms with Crippen LogP contribution < -0.4 is 15.2 Å². The molecule has 5 nitrogen and oxygen atoms in total. The van der Waals surface area contributed by atoms with Gasteiger partial charge in [-0.15, -0.1) is 0 Å². The summed E-state index contributed by atoms with van der Waals surface area (Å²) in [6.07, 6.45) is 0. The second kappa shape index (κ2) is 6.76. The van der Waals surface area contributed by atoms with Gasteiger partial charge in [-0.2, -0.15) is 0 Å². The summed E-state index contributed by atoms with van der Waals surface area (Å²) in [6, 6.07) is 12.0. The van der Waals surface area contributed by atoms with Gasteiger partial charge in [0.2, 0.25) is 0 Å². The minimum atomic E-state index is -1.27. The minimum Gasteiger partial charge on any atom is -0.545 e. The number of hydrogen-bond acceptors (Lipinski definition) is 4. The molecule has 2 aromatic carbocycles. The van der Waals surface area contributed by atoms with E-state index in [1.807, 2.05) is 25.1 Å². The van der Waals surface area contributed by atoms with Crippen LogP contribution in [0.15, 0.2) is 42.5 Å². The van der Waals surface area contributed by atoms with Gasteiger partial charge in [0.15, 0.2) is 6.61 Å². The molecule has 0 unspecified atom stereocenters. The smallest absolute Gasteiger partial charge is 0.262 e. The van der Waals surface area contributed by atoms with Crippen LogP contribution >= 0.6 is 0 Å². The Balaban J connectivity index is 2.01. The van der Waals surface area contributed by atoms with Crippen molar-refractivity contribution >= 4 is 17.6 Å². The van der Waals surface area contributed by atoms with Gasteiger partial charge in [-0.05, 0) is 43.2 Å².